The third kappa shape index (κ3) is 9.17. The van der Waals surface area contributed by atoms with Gasteiger partial charge in [0, 0.05) is 12.6 Å². The molecule has 1 fully saturated rings. The first kappa shape index (κ1) is 23.0. The molecule has 0 aromatic heterocycles. The lowest BCUT2D eigenvalue weighted by molar-refractivity contribution is -0.122. The van der Waals surface area contributed by atoms with Gasteiger partial charge in [-0.1, -0.05) is 12.1 Å². The van der Waals surface area contributed by atoms with E-state index < -0.39 is 11.7 Å². The summed E-state index contributed by atoms with van der Waals surface area (Å²) >= 11 is 0. The van der Waals surface area contributed by atoms with Gasteiger partial charge in [-0.3, -0.25) is 9.69 Å². The third-order valence-electron chi connectivity index (χ3n) is 4.66. The molecular weight excluding hydrogens is 370 g/mol. The summed E-state index contributed by atoms with van der Waals surface area (Å²) in [7, 11) is 1.92. The molecule has 29 heavy (non-hydrogen) atoms. The molecule has 1 saturated carbocycles. The van der Waals surface area contributed by atoms with Gasteiger partial charge in [0.25, 0.3) is 0 Å². The van der Waals surface area contributed by atoms with Crippen LogP contribution in [-0.2, 0) is 9.53 Å². The fraction of sp³-hybridized carbons (Fsp3) is 0.636. The van der Waals surface area contributed by atoms with Crippen LogP contribution in [0.25, 0.3) is 0 Å². The van der Waals surface area contributed by atoms with Gasteiger partial charge in [0.1, 0.15) is 18.0 Å². The highest BCUT2D eigenvalue weighted by molar-refractivity contribution is 5.78. The summed E-state index contributed by atoms with van der Waals surface area (Å²) < 4.78 is 10.9. The normalized spacial score (nSPS) is 15.0. The first-order chi connectivity index (χ1) is 13.6. The maximum absolute atomic E-state index is 12.3. The first-order valence-electron chi connectivity index (χ1n) is 10.3. The highest BCUT2D eigenvalue weighted by Crippen LogP contribution is 2.34. The van der Waals surface area contributed by atoms with E-state index in [0.29, 0.717) is 25.6 Å². The standard InChI is InChI=1S/C22H35N3O4/c1-16-7-6-8-18(13-16)28-12-11-23-20(26)15-25(5)19(17-9-10-17)14-24-21(27)29-22(2,3)4/h6-8,13,17,19H,9-12,14-15H2,1-5H3,(H,23,26)(H,24,27)/t19-/m0/s1. The number of hydrogen-bond acceptors (Lipinski definition) is 5. The number of rotatable bonds is 10. The van der Waals surface area contributed by atoms with Crippen molar-refractivity contribution >= 4 is 12.0 Å². The van der Waals surface area contributed by atoms with Gasteiger partial charge in [-0.2, -0.15) is 0 Å². The lowest BCUT2D eigenvalue weighted by atomic mass is 10.1. The molecule has 162 valence electrons. The predicted molar refractivity (Wildman–Crippen MR) is 113 cm³/mol. The van der Waals surface area contributed by atoms with Crippen molar-refractivity contribution in [2.45, 2.75) is 52.2 Å². The molecule has 2 rings (SSSR count). The lowest BCUT2D eigenvalue weighted by Crippen LogP contribution is -2.48. The van der Waals surface area contributed by atoms with Crippen LogP contribution in [0.1, 0.15) is 39.2 Å². The zero-order valence-electron chi connectivity index (χ0n) is 18.3. The molecule has 0 radical (unpaired) electrons. The van der Waals surface area contributed by atoms with Crippen LogP contribution in [0.4, 0.5) is 4.79 Å². The van der Waals surface area contributed by atoms with Crippen molar-refractivity contribution in [1.29, 1.82) is 0 Å². The molecule has 0 bridgehead atoms. The Morgan fingerprint density at radius 3 is 2.59 bits per heavy atom. The quantitative estimate of drug-likeness (QED) is 0.585. The molecular formula is C22H35N3O4. The minimum Gasteiger partial charge on any atom is -0.492 e. The Kier molecular flexibility index (Phi) is 8.32. The number of likely N-dealkylation sites (N-methyl/N-ethyl adjacent to an activating group) is 1. The van der Waals surface area contributed by atoms with E-state index in [4.69, 9.17) is 9.47 Å². The van der Waals surface area contributed by atoms with Crippen LogP contribution in [0.5, 0.6) is 5.75 Å². The third-order valence-corrected chi connectivity index (χ3v) is 4.66. The summed E-state index contributed by atoms with van der Waals surface area (Å²) in [6, 6.07) is 7.95. The average Bonchev–Trinajstić information content (AvgIpc) is 3.42. The molecule has 1 atom stereocenters. The van der Waals surface area contributed by atoms with Gasteiger partial charge in [-0.15, -0.1) is 0 Å². The van der Waals surface area contributed by atoms with Crippen molar-refractivity contribution < 1.29 is 19.1 Å². The number of hydrogen-bond donors (Lipinski definition) is 2. The molecule has 0 spiro atoms. The van der Waals surface area contributed by atoms with Gasteiger partial charge in [-0.25, -0.2) is 4.79 Å². The van der Waals surface area contributed by atoms with Gasteiger partial charge in [-0.05, 0) is 71.2 Å². The van der Waals surface area contributed by atoms with Crippen LogP contribution in [0.15, 0.2) is 24.3 Å². The fourth-order valence-electron chi connectivity index (χ4n) is 3.13. The summed E-state index contributed by atoms with van der Waals surface area (Å²) in [4.78, 5) is 26.2. The molecule has 2 N–H and O–H groups in total. The molecule has 2 amide bonds. The highest BCUT2D eigenvalue weighted by atomic mass is 16.6. The first-order valence-corrected chi connectivity index (χ1v) is 10.3. The number of carbonyl (C=O) groups is 2. The van der Waals surface area contributed by atoms with E-state index in [1.54, 1.807) is 0 Å². The Morgan fingerprint density at radius 2 is 1.97 bits per heavy atom. The van der Waals surface area contributed by atoms with Gasteiger partial charge in [0.15, 0.2) is 0 Å². The van der Waals surface area contributed by atoms with Gasteiger partial charge in [0.05, 0.1) is 13.1 Å². The van der Waals surface area contributed by atoms with Crippen LogP contribution in [0.3, 0.4) is 0 Å². The summed E-state index contributed by atoms with van der Waals surface area (Å²) in [5.41, 5.74) is 0.616. The van der Waals surface area contributed by atoms with Gasteiger partial charge in [0.2, 0.25) is 5.91 Å². The molecule has 0 aliphatic heterocycles. The lowest BCUT2D eigenvalue weighted by Gasteiger charge is -2.28. The number of nitrogens with zero attached hydrogens (tertiary/aromatic N) is 1. The Hall–Kier alpha value is -2.28. The second-order valence-corrected chi connectivity index (χ2v) is 8.72. The van der Waals surface area contributed by atoms with Crippen LogP contribution in [0.2, 0.25) is 0 Å². The van der Waals surface area contributed by atoms with Crippen molar-refractivity contribution in [2.75, 3.05) is 33.3 Å². The Balaban J connectivity index is 1.69. The van der Waals surface area contributed by atoms with Crippen molar-refractivity contribution in [3.05, 3.63) is 29.8 Å². The highest BCUT2D eigenvalue weighted by Gasteiger charge is 2.34. The molecule has 1 aliphatic rings. The van der Waals surface area contributed by atoms with Crippen LogP contribution in [-0.4, -0.2) is 61.8 Å². The largest absolute Gasteiger partial charge is 0.492 e. The summed E-state index contributed by atoms with van der Waals surface area (Å²) in [5, 5.41) is 5.73. The zero-order chi connectivity index (χ0) is 21.4. The average molecular weight is 406 g/mol. The van der Waals surface area contributed by atoms with Crippen molar-refractivity contribution in [3.8, 4) is 5.75 Å². The van der Waals surface area contributed by atoms with E-state index in [9.17, 15) is 9.59 Å². The van der Waals surface area contributed by atoms with Crippen molar-refractivity contribution in [2.24, 2.45) is 5.92 Å². The van der Waals surface area contributed by atoms with E-state index in [-0.39, 0.29) is 18.5 Å². The number of amides is 2. The molecule has 0 saturated heterocycles. The minimum atomic E-state index is -0.522. The monoisotopic (exact) mass is 405 g/mol. The minimum absolute atomic E-state index is 0.0525. The summed E-state index contributed by atoms with van der Waals surface area (Å²) in [6.45, 7) is 9.15. The van der Waals surface area contributed by atoms with Crippen LogP contribution in [0, 0.1) is 12.8 Å². The molecule has 7 heteroatoms. The molecule has 1 aromatic rings. The Bertz CT molecular complexity index is 683. The van der Waals surface area contributed by atoms with E-state index in [2.05, 4.69) is 10.6 Å². The van der Waals surface area contributed by atoms with Crippen LogP contribution >= 0.6 is 0 Å². The van der Waals surface area contributed by atoms with Gasteiger partial charge >= 0.3 is 6.09 Å². The summed E-state index contributed by atoms with van der Waals surface area (Å²) in [5.74, 6) is 1.26. The van der Waals surface area contributed by atoms with Gasteiger partial charge < -0.3 is 20.1 Å². The van der Waals surface area contributed by atoms with Crippen molar-refractivity contribution in [1.82, 2.24) is 15.5 Å². The topological polar surface area (TPSA) is 79.9 Å². The van der Waals surface area contributed by atoms with E-state index in [1.807, 2.05) is 63.9 Å². The molecule has 1 aromatic carbocycles. The van der Waals surface area contributed by atoms with Crippen molar-refractivity contribution in [3.63, 3.8) is 0 Å². The SMILES string of the molecule is Cc1cccc(OCCNC(=O)CN(C)[C@@H](CNC(=O)OC(C)(C)C)C2CC2)c1. The second-order valence-electron chi connectivity index (χ2n) is 8.72. The number of carbonyl (C=O) groups excluding carboxylic acids is 2. The number of nitrogens with one attached hydrogen (secondary N) is 2. The Morgan fingerprint density at radius 1 is 1.24 bits per heavy atom. The Labute approximate surface area is 174 Å². The van der Waals surface area contributed by atoms with E-state index in [0.717, 1.165) is 24.2 Å². The molecule has 0 unspecified atom stereocenters. The fourth-order valence-corrected chi connectivity index (χ4v) is 3.13. The number of benzene rings is 1. The number of aryl methyl sites for hydroxylation is 1. The predicted octanol–water partition coefficient (Wildman–Crippen LogP) is 2.73. The number of ether oxygens (including phenoxy) is 2. The molecule has 0 heterocycles. The number of alkyl carbamates (subject to hydrolysis) is 1. The molecule has 1 aliphatic carbocycles. The second kappa shape index (κ2) is 10.5. The maximum Gasteiger partial charge on any atom is 0.407 e. The van der Waals surface area contributed by atoms with E-state index in [1.165, 1.54) is 0 Å². The van der Waals surface area contributed by atoms with Crippen LogP contribution < -0.4 is 15.4 Å². The van der Waals surface area contributed by atoms with E-state index >= 15 is 0 Å². The molecule has 7 nitrogen and oxygen atoms in total. The smallest absolute Gasteiger partial charge is 0.407 e. The maximum atomic E-state index is 12.3. The summed E-state index contributed by atoms with van der Waals surface area (Å²) in [6.07, 6.45) is 1.82. The zero-order valence-corrected chi connectivity index (χ0v) is 18.3.